The van der Waals surface area contributed by atoms with Crippen molar-refractivity contribution in [3.63, 3.8) is 0 Å². The lowest BCUT2D eigenvalue weighted by molar-refractivity contribution is -0.116. The van der Waals surface area contributed by atoms with Crippen LogP contribution in [0, 0.1) is 6.92 Å². The lowest BCUT2D eigenvalue weighted by Crippen LogP contribution is -2.35. The second kappa shape index (κ2) is 8.71. The molecule has 2 amide bonds. The highest BCUT2D eigenvalue weighted by Gasteiger charge is 2.19. The number of nitrogens with zero attached hydrogens (tertiary/aromatic N) is 4. The number of aryl methyl sites for hydroxylation is 1. The van der Waals surface area contributed by atoms with Crippen molar-refractivity contribution >= 4 is 29.3 Å². The fourth-order valence-electron chi connectivity index (χ4n) is 2.61. The van der Waals surface area contributed by atoms with Gasteiger partial charge in [0.05, 0.1) is 24.1 Å². The number of rotatable bonds is 6. The minimum atomic E-state index is -0.369. The standard InChI is InChI=1S/C20H21N5O2S/c1-14-8-10-15(11-9-14)25-12-17(22-23-25)20(27)24(2)13-19(26)21-16-6-4-5-7-18(16)28-3/h4-12H,13H2,1-3H3,(H,21,26). The molecule has 7 nitrogen and oxygen atoms in total. The van der Waals surface area contributed by atoms with E-state index in [1.54, 1.807) is 25.0 Å². The Labute approximate surface area is 167 Å². The normalized spacial score (nSPS) is 10.5. The van der Waals surface area contributed by atoms with Crippen LogP contribution in [0.25, 0.3) is 5.69 Å². The predicted octanol–water partition coefficient (Wildman–Crippen LogP) is 3.01. The Bertz CT molecular complexity index is 984. The Hall–Kier alpha value is -3.13. The van der Waals surface area contributed by atoms with Gasteiger partial charge in [0.25, 0.3) is 5.91 Å². The van der Waals surface area contributed by atoms with Crippen LogP contribution in [-0.4, -0.2) is 51.6 Å². The van der Waals surface area contributed by atoms with E-state index >= 15 is 0 Å². The number of carbonyl (C=O) groups excluding carboxylic acids is 2. The number of benzene rings is 2. The average Bonchev–Trinajstić information content (AvgIpc) is 3.18. The van der Waals surface area contributed by atoms with Gasteiger partial charge in [0.2, 0.25) is 5.91 Å². The molecule has 0 saturated heterocycles. The minimum absolute atomic E-state index is 0.0844. The molecule has 3 rings (SSSR count). The monoisotopic (exact) mass is 395 g/mol. The maximum Gasteiger partial charge on any atom is 0.276 e. The summed E-state index contributed by atoms with van der Waals surface area (Å²) in [7, 11) is 1.56. The largest absolute Gasteiger partial charge is 0.331 e. The van der Waals surface area contributed by atoms with Crippen LogP contribution in [0.1, 0.15) is 16.1 Å². The molecule has 0 aliphatic heterocycles. The molecule has 28 heavy (non-hydrogen) atoms. The fraction of sp³-hybridized carbons (Fsp3) is 0.200. The molecule has 1 aromatic heterocycles. The number of hydrogen-bond acceptors (Lipinski definition) is 5. The van der Waals surface area contributed by atoms with E-state index in [0.717, 1.165) is 21.8 Å². The van der Waals surface area contributed by atoms with Gasteiger partial charge in [0.1, 0.15) is 0 Å². The first kappa shape index (κ1) is 19.6. The molecule has 1 N–H and O–H groups in total. The summed E-state index contributed by atoms with van der Waals surface area (Å²) in [5, 5.41) is 10.8. The van der Waals surface area contributed by atoms with Crippen LogP contribution in [0.2, 0.25) is 0 Å². The summed E-state index contributed by atoms with van der Waals surface area (Å²) < 4.78 is 1.54. The highest BCUT2D eigenvalue weighted by molar-refractivity contribution is 7.98. The van der Waals surface area contributed by atoms with E-state index in [4.69, 9.17) is 0 Å². The number of carbonyl (C=O) groups is 2. The summed E-state index contributed by atoms with van der Waals surface area (Å²) in [5.41, 5.74) is 2.85. The van der Waals surface area contributed by atoms with Gasteiger partial charge in [-0.15, -0.1) is 16.9 Å². The van der Waals surface area contributed by atoms with Gasteiger partial charge < -0.3 is 10.2 Å². The number of hydrogen-bond donors (Lipinski definition) is 1. The van der Waals surface area contributed by atoms with Crippen molar-refractivity contribution in [1.29, 1.82) is 0 Å². The first-order chi connectivity index (χ1) is 13.5. The number of nitrogens with one attached hydrogen (secondary N) is 1. The van der Waals surface area contributed by atoms with Crippen LogP contribution in [0.3, 0.4) is 0 Å². The zero-order chi connectivity index (χ0) is 20.1. The average molecular weight is 395 g/mol. The van der Waals surface area contributed by atoms with Crippen LogP contribution in [0.15, 0.2) is 59.6 Å². The van der Waals surface area contributed by atoms with E-state index in [9.17, 15) is 9.59 Å². The Kier molecular flexibility index (Phi) is 6.10. The van der Waals surface area contributed by atoms with Crippen molar-refractivity contribution in [2.24, 2.45) is 0 Å². The molecule has 0 bridgehead atoms. The second-order valence-corrected chi connectivity index (χ2v) is 7.14. The summed E-state index contributed by atoms with van der Waals surface area (Å²) >= 11 is 1.54. The van der Waals surface area contributed by atoms with Gasteiger partial charge in [-0.3, -0.25) is 9.59 Å². The van der Waals surface area contributed by atoms with Crippen LogP contribution in [0.4, 0.5) is 5.69 Å². The number of anilines is 1. The van der Waals surface area contributed by atoms with Crippen molar-refractivity contribution in [1.82, 2.24) is 19.9 Å². The molecule has 3 aromatic rings. The Morgan fingerprint density at radius 3 is 2.57 bits per heavy atom. The number of aromatic nitrogens is 3. The Morgan fingerprint density at radius 1 is 1.14 bits per heavy atom. The first-order valence-electron chi connectivity index (χ1n) is 8.65. The predicted molar refractivity (Wildman–Crippen MR) is 110 cm³/mol. The molecule has 2 aromatic carbocycles. The van der Waals surface area contributed by atoms with Crippen LogP contribution in [-0.2, 0) is 4.79 Å². The third kappa shape index (κ3) is 4.58. The van der Waals surface area contributed by atoms with E-state index in [1.165, 1.54) is 9.58 Å². The lowest BCUT2D eigenvalue weighted by Gasteiger charge is -2.16. The molecular formula is C20H21N5O2S. The van der Waals surface area contributed by atoms with Gasteiger partial charge >= 0.3 is 0 Å². The number of likely N-dealkylation sites (N-methyl/N-ethyl adjacent to an activating group) is 1. The van der Waals surface area contributed by atoms with Crippen LogP contribution >= 0.6 is 11.8 Å². The quantitative estimate of drug-likeness (QED) is 0.649. The zero-order valence-electron chi connectivity index (χ0n) is 15.9. The van der Waals surface area contributed by atoms with Gasteiger partial charge in [-0.05, 0) is 37.4 Å². The fourth-order valence-corrected chi connectivity index (χ4v) is 3.16. The van der Waals surface area contributed by atoms with Gasteiger partial charge in [0.15, 0.2) is 5.69 Å². The molecule has 0 radical (unpaired) electrons. The maximum atomic E-state index is 12.6. The number of thioether (sulfide) groups is 1. The smallest absolute Gasteiger partial charge is 0.276 e. The highest BCUT2D eigenvalue weighted by Crippen LogP contribution is 2.24. The van der Waals surface area contributed by atoms with E-state index in [1.807, 2.05) is 61.7 Å². The first-order valence-corrected chi connectivity index (χ1v) is 9.88. The molecule has 0 unspecified atom stereocenters. The SMILES string of the molecule is CSc1ccccc1NC(=O)CN(C)C(=O)c1cn(-c2ccc(C)cc2)nn1. The van der Waals surface area contributed by atoms with Crippen LogP contribution < -0.4 is 5.32 Å². The summed E-state index contributed by atoms with van der Waals surface area (Å²) in [4.78, 5) is 27.2. The Balaban J connectivity index is 1.64. The third-order valence-electron chi connectivity index (χ3n) is 4.12. The van der Waals surface area contributed by atoms with Crippen LogP contribution in [0.5, 0.6) is 0 Å². The van der Waals surface area contributed by atoms with E-state index in [2.05, 4.69) is 15.6 Å². The highest BCUT2D eigenvalue weighted by atomic mass is 32.2. The lowest BCUT2D eigenvalue weighted by atomic mass is 10.2. The molecule has 1 heterocycles. The molecule has 0 aliphatic carbocycles. The molecule has 0 atom stereocenters. The summed E-state index contributed by atoms with van der Waals surface area (Å²) in [6.45, 7) is 1.91. The van der Waals surface area contributed by atoms with Gasteiger partial charge in [-0.2, -0.15) is 0 Å². The third-order valence-corrected chi connectivity index (χ3v) is 4.92. The summed E-state index contributed by atoms with van der Waals surface area (Å²) in [6, 6.07) is 15.2. The van der Waals surface area contributed by atoms with E-state index in [0.29, 0.717) is 0 Å². The van der Waals surface area contributed by atoms with Gasteiger partial charge in [-0.1, -0.05) is 35.0 Å². The van der Waals surface area contributed by atoms with Crippen molar-refractivity contribution in [2.45, 2.75) is 11.8 Å². The molecule has 8 heteroatoms. The summed E-state index contributed by atoms with van der Waals surface area (Å²) in [5.74, 6) is -0.644. The van der Waals surface area contributed by atoms with Crippen molar-refractivity contribution in [3.05, 3.63) is 66.0 Å². The topological polar surface area (TPSA) is 80.1 Å². The van der Waals surface area contributed by atoms with Gasteiger partial charge in [0, 0.05) is 11.9 Å². The van der Waals surface area contributed by atoms with E-state index < -0.39 is 0 Å². The molecule has 0 fully saturated rings. The van der Waals surface area contributed by atoms with Crippen molar-refractivity contribution < 1.29 is 9.59 Å². The number of para-hydroxylation sites is 1. The zero-order valence-corrected chi connectivity index (χ0v) is 16.7. The molecule has 144 valence electrons. The molecule has 0 saturated carbocycles. The summed E-state index contributed by atoms with van der Waals surface area (Å²) in [6.07, 6.45) is 3.50. The molecule has 0 spiro atoms. The van der Waals surface area contributed by atoms with Crippen molar-refractivity contribution in [2.75, 3.05) is 25.2 Å². The minimum Gasteiger partial charge on any atom is -0.331 e. The number of amides is 2. The van der Waals surface area contributed by atoms with Gasteiger partial charge in [-0.25, -0.2) is 4.68 Å². The Morgan fingerprint density at radius 2 is 1.86 bits per heavy atom. The molecule has 0 aliphatic rings. The second-order valence-electron chi connectivity index (χ2n) is 6.29. The van der Waals surface area contributed by atoms with E-state index in [-0.39, 0.29) is 24.1 Å². The maximum absolute atomic E-state index is 12.6. The van der Waals surface area contributed by atoms with Crippen molar-refractivity contribution in [3.8, 4) is 5.69 Å². The molecular weight excluding hydrogens is 374 g/mol.